The monoisotopic (exact) mass is 579 g/mol. The topological polar surface area (TPSA) is 62.2 Å². The highest BCUT2D eigenvalue weighted by molar-refractivity contribution is 7.99. The molecule has 2 heterocycles. The maximum atomic E-state index is 14.0. The molecule has 2 aliphatic rings. The number of anilines is 3. The van der Waals surface area contributed by atoms with E-state index in [4.69, 9.17) is 9.73 Å². The largest absolute Gasteiger partial charge is 0.497 e. The normalized spacial score (nSPS) is 14.8. The van der Waals surface area contributed by atoms with Gasteiger partial charge in [0.05, 0.1) is 24.2 Å². The van der Waals surface area contributed by atoms with Crippen molar-refractivity contribution in [3.8, 4) is 5.75 Å². The quantitative estimate of drug-likeness (QED) is 0.198. The van der Waals surface area contributed by atoms with Crippen molar-refractivity contribution in [3.63, 3.8) is 0 Å². The second-order valence-corrected chi connectivity index (χ2v) is 11.1. The van der Waals surface area contributed by atoms with Gasteiger partial charge in [0.15, 0.2) is 0 Å². The first-order valence-corrected chi connectivity index (χ1v) is 14.6. The van der Waals surface area contributed by atoms with Crippen molar-refractivity contribution in [1.29, 1.82) is 0 Å². The summed E-state index contributed by atoms with van der Waals surface area (Å²) in [6.07, 6.45) is 1.77. The Kier molecular flexibility index (Phi) is 6.85. The van der Waals surface area contributed by atoms with Gasteiger partial charge in [-0.3, -0.25) is 19.4 Å². The fourth-order valence-corrected chi connectivity index (χ4v) is 6.26. The second kappa shape index (κ2) is 11.1. The fourth-order valence-electron chi connectivity index (χ4n) is 5.20. The van der Waals surface area contributed by atoms with Crippen LogP contribution in [0.3, 0.4) is 0 Å². The molecule has 0 bridgehead atoms. The molecule has 7 rings (SSSR count). The van der Waals surface area contributed by atoms with Crippen LogP contribution < -0.4 is 14.5 Å². The smallest absolute Gasteiger partial charge is 0.282 e. The van der Waals surface area contributed by atoms with Gasteiger partial charge in [0.2, 0.25) is 0 Å². The van der Waals surface area contributed by atoms with Crippen LogP contribution in [0.25, 0.3) is 6.08 Å². The van der Waals surface area contributed by atoms with Crippen molar-refractivity contribution in [1.82, 2.24) is 0 Å². The Morgan fingerprint density at radius 2 is 1.35 bits per heavy atom. The van der Waals surface area contributed by atoms with Crippen molar-refractivity contribution in [2.24, 2.45) is 4.99 Å². The number of ether oxygens (including phenoxy) is 1. The third-order valence-electron chi connectivity index (χ3n) is 7.32. The minimum absolute atomic E-state index is 0.142. The molecule has 6 nitrogen and oxygen atoms in total. The molecular formula is C36H25N3O3S. The molecule has 0 aliphatic carbocycles. The van der Waals surface area contributed by atoms with E-state index in [1.54, 1.807) is 59.0 Å². The Morgan fingerprint density at radius 3 is 1.98 bits per heavy atom. The lowest BCUT2D eigenvalue weighted by Gasteiger charge is -2.31. The first-order valence-electron chi connectivity index (χ1n) is 13.8. The van der Waals surface area contributed by atoms with E-state index >= 15 is 0 Å². The van der Waals surface area contributed by atoms with Gasteiger partial charge in [-0.1, -0.05) is 78.5 Å². The number of benzene rings is 5. The molecule has 0 atom stereocenters. The van der Waals surface area contributed by atoms with Crippen LogP contribution in [0.5, 0.6) is 5.75 Å². The van der Waals surface area contributed by atoms with E-state index in [-0.39, 0.29) is 11.8 Å². The zero-order valence-electron chi connectivity index (χ0n) is 23.2. The van der Waals surface area contributed by atoms with E-state index in [0.29, 0.717) is 22.8 Å². The van der Waals surface area contributed by atoms with Gasteiger partial charge < -0.3 is 4.74 Å². The van der Waals surface area contributed by atoms with Crippen LogP contribution >= 0.6 is 11.8 Å². The minimum atomic E-state index is -0.246. The lowest BCUT2D eigenvalue weighted by Crippen LogP contribution is -2.33. The van der Waals surface area contributed by atoms with Crippen LogP contribution in [0.1, 0.15) is 21.5 Å². The van der Waals surface area contributed by atoms with Crippen LogP contribution in [0, 0.1) is 0 Å². The van der Waals surface area contributed by atoms with E-state index < -0.39 is 0 Å². The summed E-state index contributed by atoms with van der Waals surface area (Å²) < 4.78 is 5.26. The maximum Gasteiger partial charge on any atom is 0.282 e. The van der Waals surface area contributed by atoms with Crippen molar-refractivity contribution in [2.75, 3.05) is 16.9 Å². The van der Waals surface area contributed by atoms with Gasteiger partial charge in [0.1, 0.15) is 17.3 Å². The molecule has 7 heteroatoms. The first kappa shape index (κ1) is 26.5. The third kappa shape index (κ3) is 4.90. The van der Waals surface area contributed by atoms with Gasteiger partial charge in [-0.25, -0.2) is 4.99 Å². The molecule has 0 spiro atoms. The van der Waals surface area contributed by atoms with E-state index in [9.17, 15) is 9.59 Å². The highest BCUT2D eigenvalue weighted by atomic mass is 32.2. The molecule has 43 heavy (non-hydrogen) atoms. The van der Waals surface area contributed by atoms with E-state index in [2.05, 4.69) is 0 Å². The number of amides is 2. The lowest BCUT2D eigenvalue weighted by molar-refractivity contribution is -0.113. The molecule has 2 aliphatic heterocycles. The molecule has 0 aromatic heterocycles. The Hall–Kier alpha value is -5.40. The van der Waals surface area contributed by atoms with Gasteiger partial charge in [0, 0.05) is 20.9 Å². The number of methoxy groups -OCH3 is 1. The molecule has 0 fully saturated rings. The van der Waals surface area contributed by atoms with Crippen molar-refractivity contribution >= 4 is 52.6 Å². The number of carbonyl (C=O) groups is 2. The average molecular weight is 580 g/mol. The summed E-state index contributed by atoms with van der Waals surface area (Å²) in [5, 5.41) is 0. The molecule has 0 saturated carbocycles. The summed E-state index contributed by atoms with van der Waals surface area (Å²) in [6.45, 7) is 0. The number of nitrogens with zero attached hydrogens (tertiary/aromatic N) is 3. The van der Waals surface area contributed by atoms with Gasteiger partial charge >= 0.3 is 0 Å². The summed E-state index contributed by atoms with van der Waals surface area (Å²) >= 11 is 1.66. The molecular weight excluding hydrogens is 554 g/mol. The third-order valence-corrected chi connectivity index (χ3v) is 8.45. The molecule has 0 N–H and O–H groups in total. The first-order chi connectivity index (χ1) is 21.1. The van der Waals surface area contributed by atoms with Gasteiger partial charge in [-0.05, 0) is 72.3 Å². The number of hydrogen-bond acceptors (Lipinski definition) is 5. The average Bonchev–Trinajstić information content (AvgIpc) is 3.39. The minimum Gasteiger partial charge on any atom is -0.497 e. The number of carbonyl (C=O) groups excluding carboxylic acids is 2. The highest BCUT2D eigenvalue weighted by Crippen LogP contribution is 2.48. The summed E-state index contributed by atoms with van der Waals surface area (Å²) in [7, 11) is 1.62. The van der Waals surface area contributed by atoms with E-state index in [0.717, 1.165) is 38.0 Å². The van der Waals surface area contributed by atoms with E-state index in [1.807, 2.05) is 103 Å². The standard InChI is InChI=1S/C36H25N3O3S/c1-42-28-21-15-24(16-22-28)23-29-36(41)38(34(37-29)25-9-3-2-4-10-25)27-19-17-26(18-20-27)35(40)39-30-11-5-7-13-32(30)43-33-14-8-6-12-31(33)39/h2-23H,1H3. The fraction of sp³-hybridized carbons (Fsp3) is 0.0278. The second-order valence-electron chi connectivity index (χ2n) is 9.97. The van der Waals surface area contributed by atoms with Crippen LogP contribution in [-0.2, 0) is 4.79 Å². The molecule has 0 unspecified atom stereocenters. The number of hydrogen-bond donors (Lipinski definition) is 0. The number of aliphatic imine (C=N–C) groups is 1. The summed E-state index contributed by atoms with van der Waals surface area (Å²) in [5.41, 5.74) is 4.81. The van der Waals surface area contributed by atoms with Crippen molar-refractivity contribution in [2.45, 2.75) is 9.79 Å². The maximum absolute atomic E-state index is 14.0. The molecule has 0 radical (unpaired) electrons. The predicted octanol–water partition coefficient (Wildman–Crippen LogP) is 7.97. The Bertz CT molecular complexity index is 1870. The van der Waals surface area contributed by atoms with Gasteiger partial charge in [-0.15, -0.1) is 0 Å². The number of fused-ring (bicyclic) bond motifs is 2. The molecule has 208 valence electrons. The zero-order chi connectivity index (χ0) is 29.3. The Balaban J connectivity index is 1.24. The number of para-hydroxylation sites is 2. The highest BCUT2D eigenvalue weighted by Gasteiger charge is 2.33. The zero-order valence-corrected chi connectivity index (χ0v) is 24.0. The Morgan fingerprint density at radius 1 is 0.744 bits per heavy atom. The summed E-state index contributed by atoms with van der Waals surface area (Å²) in [5.74, 6) is 0.876. The SMILES string of the molecule is COc1ccc(C=C2N=C(c3ccccc3)N(c3ccc(C(=O)N4c5ccccc5Sc5ccccc54)cc3)C2=O)cc1. The van der Waals surface area contributed by atoms with Crippen LogP contribution in [-0.4, -0.2) is 24.8 Å². The van der Waals surface area contributed by atoms with Crippen LogP contribution in [0.2, 0.25) is 0 Å². The van der Waals surface area contributed by atoms with E-state index in [1.165, 1.54) is 0 Å². The Labute approximate surface area is 253 Å². The predicted molar refractivity (Wildman–Crippen MR) is 171 cm³/mol. The molecule has 0 saturated heterocycles. The lowest BCUT2D eigenvalue weighted by atomic mass is 10.1. The molecule has 5 aromatic carbocycles. The molecule has 5 aromatic rings. The van der Waals surface area contributed by atoms with Crippen LogP contribution in [0.4, 0.5) is 17.1 Å². The van der Waals surface area contributed by atoms with Crippen LogP contribution in [0.15, 0.2) is 148 Å². The van der Waals surface area contributed by atoms with Gasteiger partial charge in [-0.2, -0.15) is 0 Å². The van der Waals surface area contributed by atoms with Crippen molar-refractivity contribution < 1.29 is 14.3 Å². The molecule has 2 amide bonds. The summed E-state index contributed by atoms with van der Waals surface area (Å²) in [6, 6.07) is 40.0. The number of amidine groups is 1. The number of rotatable bonds is 5. The summed E-state index contributed by atoms with van der Waals surface area (Å²) in [4.78, 5) is 38.0. The van der Waals surface area contributed by atoms with Crippen molar-refractivity contribution in [3.05, 3.63) is 150 Å². The van der Waals surface area contributed by atoms with Gasteiger partial charge in [0.25, 0.3) is 11.8 Å².